The van der Waals surface area contributed by atoms with Crippen molar-refractivity contribution < 1.29 is 14.3 Å². The van der Waals surface area contributed by atoms with Crippen molar-refractivity contribution in [1.29, 1.82) is 0 Å². The molecule has 2 atom stereocenters. The first-order chi connectivity index (χ1) is 7.71. The Morgan fingerprint density at radius 2 is 2.25 bits per heavy atom. The first kappa shape index (κ1) is 9.58. The zero-order valence-electron chi connectivity index (χ0n) is 9.03. The van der Waals surface area contributed by atoms with Crippen molar-refractivity contribution in [1.82, 2.24) is 0 Å². The third-order valence-corrected chi connectivity index (χ3v) is 3.59. The van der Waals surface area contributed by atoms with Gasteiger partial charge in [0.25, 0.3) is 0 Å². The Balaban J connectivity index is 2.02. The number of fused-ring (bicyclic) bond motifs is 3. The van der Waals surface area contributed by atoms with Gasteiger partial charge in [0.1, 0.15) is 5.41 Å². The van der Waals surface area contributed by atoms with E-state index in [4.69, 9.17) is 4.74 Å². The average Bonchev–Trinajstić information content (AvgIpc) is 3.00. The highest BCUT2D eigenvalue weighted by Crippen LogP contribution is 2.66. The maximum atomic E-state index is 12.2. The lowest BCUT2D eigenvalue weighted by Crippen LogP contribution is -2.26. The van der Waals surface area contributed by atoms with Crippen LogP contribution in [0.1, 0.15) is 35.2 Å². The molecule has 1 aromatic carbocycles. The van der Waals surface area contributed by atoms with E-state index in [2.05, 4.69) is 0 Å². The lowest BCUT2D eigenvalue weighted by molar-refractivity contribution is -0.147. The fourth-order valence-corrected chi connectivity index (χ4v) is 2.72. The number of esters is 1. The SMILES string of the molecule is CCOC(=O)C12CC1c1ccccc1C2=O. The van der Waals surface area contributed by atoms with E-state index in [1.807, 2.05) is 18.2 Å². The molecule has 0 bridgehead atoms. The van der Waals surface area contributed by atoms with Crippen LogP contribution in [-0.4, -0.2) is 18.4 Å². The first-order valence-corrected chi connectivity index (χ1v) is 5.52. The van der Waals surface area contributed by atoms with Gasteiger partial charge in [-0.1, -0.05) is 24.3 Å². The summed E-state index contributed by atoms with van der Waals surface area (Å²) >= 11 is 0. The van der Waals surface area contributed by atoms with Gasteiger partial charge in [-0.2, -0.15) is 0 Å². The van der Waals surface area contributed by atoms with Gasteiger partial charge < -0.3 is 4.74 Å². The topological polar surface area (TPSA) is 43.4 Å². The van der Waals surface area contributed by atoms with E-state index in [1.165, 1.54) is 0 Å². The predicted molar refractivity (Wildman–Crippen MR) is 57.2 cm³/mol. The molecule has 82 valence electrons. The van der Waals surface area contributed by atoms with Crippen molar-refractivity contribution in [2.24, 2.45) is 5.41 Å². The molecule has 3 nitrogen and oxygen atoms in total. The minimum Gasteiger partial charge on any atom is -0.465 e. The van der Waals surface area contributed by atoms with E-state index >= 15 is 0 Å². The van der Waals surface area contributed by atoms with E-state index in [1.54, 1.807) is 13.0 Å². The average molecular weight is 216 g/mol. The summed E-state index contributed by atoms with van der Waals surface area (Å²) in [5.74, 6) is -0.331. The van der Waals surface area contributed by atoms with Crippen LogP contribution in [0.4, 0.5) is 0 Å². The van der Waals surface area contributed by atoms with Crippen LogP contribution in [0, 0.1) is 5.41 Å². The molecule has 1 saturated carbocycles. The van der Waals surface area contributed by atoms with Crippen LogP contribution in [0.3, 0.4) is 0 Å². The number of hydrogen-bond donors (Lipinski definition) is 0. The Labute approximate surface area is 93.4 Å². The summed E-state index contributed by atoms with van der Waals surface area (Å²) in [6.07, 6.45) is 0.627. The molecule has 0 aromatic heterocycles. The normalized spacial score (nSPS) is 29.6. The molecule has 2 aliphatic carbocycles. The molecular formula is C13H12O3. The molecular weight excluding hydrogens is 204 g/mol. The summed E-state index contributed by atoms with van der Waals surface area (Å²) in [6.45, 7) is 2.09. The molecule has 16 heavy (non-hydrogen) atoms. The second-order valence-electron chi connectivity index (χ2n) is 4.36. The van der Waals surface area contributed by atoms with Gasteiger partial charge in [0, 0.05) is 11.5 Å². The Morgan fingerprint density at radius 3 is 2.94 bits per heavy atom. The van der Waals surface area contributed by atoms with Crippen molar-refractivity contribution in [3.05, 3.63) is 35.4 Å². The van der Waals surface area contributed by atoms with E-state index in [0.717, 1.165) is 5.56 Å². The maximum Gasteiger partial charge on any atom is 0.320 e. The highest BCUT2D eigenvalue weighted by atomic mass is 16.5. The van der Waals surface area contributed by atoms with Crippen LogP contribution in [0.5, 0.6) is 0 Å². The maximum absolute atomic E-state index is 12.2. The molecule has 1 fully saturated rings. The molecule has 0 amide bonds. The molecule has 2 unspecified atom stereocenters. The van der Waals surface area contributed by atoms with E-state index in [9.17, 15) is 9.59 Å². The Hall–Kier alpha value is -1.64. The monoisotopic (exact) mass is 216 g/mol. The molecule has 0 saturated heterocycles. The summed E-state index contributed by atoms with van der Waals surface area (Å²) in [5.41, 5.74) is 0.854. The van der Waals surface area contributed by atoms with Crippen LogP contribution in [0.25, 0.3) is 0 Å². The summed E-state index contributed by atoms with van der Waals surface area (Å²) < 4.78 is 5.01. The fourth-order valence-electron chi connectivity index (χ4n) is 2.72. The standard InChI is InChI=1S/C13H12O3/c1-2-16-12(15)13-7-10(13)8-5-3-4-6-9(8)11(13)14/h3-6,10H,2,7H2,1H3. The van der Waals surface area contributed by atoms with Gasteiger partial charge in [-0.15, -0.1) is 0 Å². The third kappa shape index (κ3) is 0.932. The highest BCUT2D eigenvalue weighted by molar-refractivity contribution is 6.20. The zero-order valence-corrected chi connectivity index (χ0v) is 9.03. The number of carbonyl (C=O) groups is 2. The minimum atomic E-state index is -0.861. The molecule has 1 aromatic rings. The van der Waals surface area contributed by atoms with Gasteiger partial charge in [-0.05, 0) is 18.9 Å². The van der Waals surface area contributed by atoms with Gasteiger partial charge in [0.2, 0.25) is 0 Å². The molecule has 0 N–H and O–H groups in total. The number of ether oxygens (including phenoxy) is 1. The van der Waals surface area contributed by atoms with Gasteiger partial charge in [0.15, 0.2) is 5.78 Å². The summed E-state index contributed by atoms with van der Waals surface area (Å²) in [5, 5.41) is 0. The summed E-state index contributed by atoms with van der Waals surface area (Å²) in [7, 11) is 0. The van der Waals surface area contributed by atoms with Crippen molar-refractivity contribution in [2.45, 2.75) is 19.3 Å². The van der Waals surface area contributed by atoms with E-state index < -0.39 is 5.41 Å². The molecule has 2 aliphatic rings. The van der Waals surface area contributed by atoms with Crippen LogP contribution < -0.4 is 0 Å². The lowest BCUT2D eigenvalue weighted by Gasteiger charge is -2.09. The zero-order chi connectivity index (χ0) is 11.3. The van der Waals surface area contributed by atoms with Gasteiger partial charge in [0.05, 0.1) is 6.61 Å². The van der Waals surface area contributed by atoms with Crippen LogP contribution in [0.2, 0.25) is 0 Å². The Morgan fingerprint density at radius 1 is 1.50 bits per heavy atom. The number of ketones is 1. The van der Waals surface area contributed by atoms with Gasteiger partial charge >= 0.3 is 5.97 Å². The van der Waals surface area contributed by atoms with E-state index in [-0.39, 0.29) is 17.7 Å². The van der Waals surface area contributed by atoms with Gasteiger partial charge in [-0.3, -0.25) is 9.59 Å². The van der Waals surface area contributed by atoms with Crippen LogP contribution >= 0.6 is 0 Å². The van der Waals surface area contributed by atoms with Crippen molar-refractivity contribution in [3.8, 4) is 0 Å². The summed E-state index contributed by atoms with van der Waals surface area (Å²) in [4.78, 5) is 24.0. The molecule has 0 radical (unpaired) electrons. The smallest absolute Gasteiger partial charge is 0.320 e. The quantitative estimate of drug-likeness (QED) is 0.560. The van der Waals surface area contributed by atoms with Crippen LogP contribution in [-0.2, 0) is 9.53 Å². The Bertz CT molecular complexity index is 492. The number of Topliss-reactive ketones (excluding diaryl/α,β-unsaturated/α-hetero) is 1. The molecule has 3 heteroatoms. The van der Waals surface area contributed by atoms with Crippen LogP contribution in [0.15, 0.2) is 24.3 Å². The summed E-state index contributed by atoms with van der Waals surface area (Å²) in [6, 6.07) is 7.47. The Kier molecular flexibility index (Phi) is 1.76. The molecule has 0 spiro atoms. The number of hydrogen-bond acceptors (Lipinski definition) is 3. The van der Waals surface area contributed by atoms with Crippen molar-refractivity contribution in [3.63, 3.8) is 0 Å². The number of benzene rings is 1. The molecule has 0 aliphatic heterocycles. The number of carbonyl (C=O) groups excluding carboxylic acids is 2. The minimum absolute atomic E-state index is 0.0495. The van der Waals surface area contributed by atoms with Gasteiger partial charge in [-0.25, -0.2) is 0 Å². The highest BCUT2D eigenvalue weighted by Gasteiger charge is 2.71. The largest absolute Gasteiger partial charge is 0.465 e. The molecule has 3 rings (SSSR count). The third-order valence-electron chi connectivity index (χ3n) is 3.59. The molecule has 0 heterocycles. The fraction of sp³-hybridized carbons (Fsp3) is 0.385. The predicted octanol–water partition coefficient (Wildman–Crippen LogP) is 1.92. The van der Waals surface area contributed by atoms with Crippen molar-refractivity contribution in [2.75, 3.05) is 6.61 Å². The van der Waals surface area contributed by atoms with Crippen molar-refractivity contribution >= 4 is 11.8 Å². The van der Waals surface area contributed by atoms with E-state index in [0.29, 0.717) is 18.6 Å². The first-order valence-electron chi connectivity index (χ1n) is 5.52. The lowest BCUT2D eigenvalue weighted by atomic mass is 9.99. The second kappa shape index (κ2) is 2.94. The second-order valence-corrected chi connectivity index (χ2v) is 4.36. The number of rotatable bonds is 2.